The Hall–Kier alpha value is -0.750. The molecule has 1 aliphatic heterocycles. The molecule has 4 nitrogen and oxygen atoms in total. The Morgan fingerprint density at radius 2 is 2.20 bits per heavy atom. The second kappa shape index (κ2) is 5.37. The SMILES string of the molecule is C[C@@H]1CN(CC(=O)O)CCN1CC(F)F. The van der Waals surface area contributed by atoms with E-state index in [1.807, 2.05) is 6.92 Å². The molecule has 1 fully saturated rings. The number of hydrogen-bond acceptors (Lipinski definition) is 3. The molecule has 1 heterocycles. The van der Waals surface area contributed by atoms with Gasteiger partial charge in [0.05, 0.1) is 13.1 Å². The summed E-state index contributed by atoms with van der Waals surface area (Å²) in [6, 6.07) is -0.00731. The zero-order valence-corrected chi connectivity index (χ0v) is 8.70. The molecule has 0 amide bonds. The van der Waals surface area contributed by atoms with Crippen LogP contribution in [0, 0.1) is 0 Å². The van der Waals surface area contributed by atoms with Gasteiger partial charge in [0, 0.05) is 25.7 Å². The predicted molar refractivity (Wildman–Crippen MR) is 51.1 cm³/mol. The smallest absolute Gasteiger partial charge is 0.317 e. The van der Waals surface area contributed by atoms with Gasteiger partial charge in [0.1, 0.15) is 0 Å². The standard InChI is InChI=1S/C9H16F2N2O2/c1-7-4-12(6-9(14)15)2-3-13(7)5-8(10)11/h7-8H,2-6H2,1H3,(H,14,15)/t7-/m1/s1. The van der Waals surface area contributed by atoms with Crippen LogP contribution in [-0.4, -0.2) is 66.1 Å². The van der Waals surface area contributed by atoms with Gasteiger partial charge in [-0.05, 0) is 6.92 Å². The van der Waals surface area contributed by atoms with Crippen LogP contribution in [0.1, 0.15) is 6.92 Å². The van der Waals surface area contributed by atoms with E-state index in [9.17, 15) is 13.6 Å². The van der Waals surface area contributed by atoms with Crippen molar-refractivity contribution >= 4 is 5.97 Å². The van der Waals surface area contributed by atoms with Crippen molar-refractivity contribution in [3.05, 3.63) is 0 Å². The van der Waals surface area contributed by atoms with Crippen LogP contribution in [0.2, 0.25) is 0 Å². The molecule has 15 heavy (non-hydrogen) atoms. The van der Waals surface area contributed by atoms with Crippen LogP contribution < -0.4 is 0 Å². The van der Waals surface area contributed by atoms with Gasteiger partial charge in [-0.25, -0.2) is 8.78 Å². The molecule has 0 aromatic rings. The molecule has 0 aromatic carbocycles. The van der Waals surface area contributed by atoms with E-state index in [2.05, 4.69) is 0 Å². The van der Waals surface area contributed by atoms with Crippen molar-refractivity contribution in [3.8, 4) is 0 Å². The van der Waals surface area contributed by atoms with E-state index >= 15 is 0 Å². The van der Waals surface area contributed by atoms with Crippen molar-refractivity contribution in [3.63, 3.8) is 0 Å². The number of carboxylic acids is 1. The number of hydrogen-bond donors (Lipinski definition) is 1. The van der Waals surface area contributed by atoms with Crippen LogP contribution in [0.5, 0.6) is 0 Å². The van der Waals surface area contributed by atoms with Gasteiger partial charge in [0.2, 0.25) is 0 Å². The molecule has 0 radical (unpaired) electrons. The van der Waals surface area contributed by atoms with Crippen molar-refractivity contribution in [1.82, 2.24) is 9.80 Å². The van der Waals surface area contributed by atoms with Crippen LogP contribution in [0.3, 0.4) is 0 Å². The lowest BCUT2D eigenvalue weighted by molar-refractivity contribution is -0.139. The molecule has 1 rings (SSSR count). The molecule has 0 unspecified atom stereocenters. The summed E-state index contributed by atoms with van der Waals surface area (Å²) in [5.74, 6) is -0.871. The first-order valence-electron chi connectivity index (χ1n) is 4.95. The van der Waals surface area contributed by atoms with Crippen molar-refractivity contribution in [2.45, 2.75) is 19.4 Å². The van der Waals surface area contributed by atoms with E-state index < -0.39 is 12.4 Å². The van der Waals surface area contributed by atoms with E-state index in [-0.39, 0.29) is 19.1 Å². The first-order chi connectivity index (χ1) is 6.99. The first kappa shape index (κ1) is 12.3. The van der Waals surface area contributed by atoms with E-state index in [0.717, 1.165) is 0 Å². The number of rotatable bonds is 4. The van der Waals surface area contributed by atoms with E-state index in [4.69, 9.17) is 5.11 Å². The summed E-state index contributed by atoms with van der Waals surface area (Å²) >= 11 is 0. The molecule has 0 aliphatic carbocycles. The maximum atomic E-state index is 12.2. The van der Waals surface area contributed by atoms with Crippen LogP contribution in [0.25, 0.3) is 0 Å². The summed E-state index contributed by atoms with van der Waals surface area (Å²) in [6.45, 7) is 3.21. The number of piperazine rings is 1. The number of carboxylic acid groups (broad SMARTS) is 1. The predicted octanol–water partition coefficient (Wildman–Crippen LogP) is 0.342. The van der Waals surface area contributed by atoms with Crippen LogP contribution in [0.4, 0.5) is 8.78 Å². The molecule has 1 N–H and O–H groups in total. The number of nitrogens with zero attached hydrogens (tertiary/aromatic N) is 2. The van der Waals surface area contributed by atoms with Crippen molar-refractivity contribution in [2.75, 3.05) is 32.7 Å². The van der Waals surface area contributed by atoms with Gasteiger partial charge >= 0.3 is 5.97 Å². The van der Waals surface area contributed by atoms with Crippen molar-refractivity contribution in [1.29, 1.82) is 0 Å². The fraction of sp³-hybridized carbons (Fsp3) is 0.889. The maximum Gasteiger partial charge on any atom is 0.317 e. The largest absolute Gasteiger partial charge is 0.480 e. The minimum Gasteiger partial charge on any atom is -0.480 e. The highest BCUT2D eigenvalue weighted by molar-refractivity contribution is 5.69. The maximum absolute atomic E-state index is 12.2. The summed E-state index contributed by atoms with van der Waals surface area (Å²) < 4.78 is 24.3. The van der Waals surface area contributed by atoms with Gasteiger partial charge in [-0.3, -0.25) is 14.6 Å². The third-order valence-corrected chi connectivity index (χ3v) is 2.58. The highest BCUT2D eigenvalue weighted by Crippen LogP contribution is 2.11. The lowest BCUT2D eigenvalue weighted by atomic mass is 10.2. The van der Waals surface area contributed by atoms with E-state index in [0.29, 0.717) is 19.6 Å². The van der Waals surface area contributed by atoms with Crippen molar-refractivity contribution < 1.29 is 18.7 Å². The van der Waals surface area contributed by atoms with Crippen LogP contribution in [-0.2, 0) is 4.79 Å². The highest BCUT2D eigenvalue weighted by Gasteiger charge is 2.26. The Bertz CT molecular complexity index is 226. The molecular weight excluding hydrogens is 206 g/mol. The van der Waals surface area contributed by atoms with Gasteiger partial charge < -0.3 is 5.11 Å². The number of aliphatic carboxylic acids is 1. The molecule has 88 valence electrons. The van der Waals surface area contributed by atoms with E-state index in [1.165, 1.54) is 0 Å². The van der Waals surface area contributed by atoms with E-state index in [1.54, 1.807) is 9.80 Å². The van der Waals surface area contributed by atoms with Gasteiger partial charge in [0.15, 0.2) is 0 Å². The molecule has 0 aromatic heterocycles. The Balaban J connectivity index is 2.37. The molecule has 6 heteroatoms. The summed E-state index contributed by atoms with van der Waals surface area (Å²) in [7, 11) is 0. The summed E-state index contributed by atoms with van der Waals surface area (Å²) in [6.07, 6.45) is -2.32. The Morgan fingerprint density at radius 3 is 2.67 bits per heavy atom. The molecule has 1 aliphatic rings. The molecule has 1 saturated heterocycles. The number of carbonyl (C=O) groups is 1. The van der Waals surface area contributed by atoms with Gasteiger partial charge in [0.25, 0.3) is 6.43 Å². The van der Waals surface area contributed by atoms with Gasteiger partial charge in [-0.15, -0.1) is 0 Å². The Kier molecular flexibility index (Phi) is 4.41. The highest BCUT2D eigenvalue weighted by atomic mass is 19.3. The summed E-state index contributed by atoms with van der Waals surface area (Å²) in [5, 5.41) is 8.59. The lowest BCUT2D eigenvalue weighted by Gasteiger charge is -2.38. The normalized spacial score (nSPS) is 24.7. The van der Waals surface area contributed by atoms with Gasteiger partial charge in [-0.1, -0.05) is 0 Å². The van der Waals surface area contributed by atoms with Crippen LogP contribution in [0.15, 0.2) is 0 Å². The Labute approximate surface area is 87.5 Å². The minimum atomic E-state index is -2.32. The summed E-state index contributed by atoms with van der Waals surface area (Å²) in [4.78, 5) is 13.9. The molecule has 0 bridgehead atoms. The number of halogens is 2. The third-order valence-electron chi connectivity index (χ3n) is 2.58. The lowest BCUT2D eigenvalue weighted by Crippen LogP contribution is -2.53. The summed E-state index contributed by atoms with van der Waals surface area (Å²) in [5.41, 5.74) is 0. The molecule has 1 atom stereocenters. The zero-order valence-electron chi connectivity index (χ0n) is 8.70. The van der Waals surface area contributed by atoms with Crippen LogP contribution >= 0.6 is 0 Å². The fourth-order valence-corrected chi connectivity index (χ4v) is 1.85. The average Bonchev–Trinajstić information content (AvgIpc) is 2.08. The molecule has 0 spiro atoms. The Morgan fingerprint density at radius 1 is 1.53 bits per heavy atom. The second-order valence-corrected chi connectivity index (χ2v) is 3.86. The van der Waals surface area contributed by atoms with Crippen molar-refractivity contribution in [2.24, 2.45) is 0 Å². The minimum absolute atomic E-state index is 0.00708. The average molecular weight is 222 g/mol. The first-order valence-corrected chi connectivity index (χ1v) is 4.95. The zero-order chi connectivity index (χ0) is 11.4. The molecule has 0 saturated carbocycles. The quantitative estimate of drug-likeness (QED) is 0.745. The monoisotopic (exact) mass is 222 g/mol. The van der Waals surface area contributed by atoms with Gasteiger partial charge in [-0.2, -0.15) is 0 Å². The number of alkyl halides is 2. The second-order valence-electron chi connectivity index (χ2n) is 3.86. The third kappa shape index (κ3) is 4.09. The fourth-order valence-electron chi connectivity index (χ4n) is 1.85. The topological polar surface area (TPSA) is 43.8 Å². The molecular formula is C9H16F2N2O2.